The molecule has 9 heteroatoms. The number of hydrogen-bond acceptors (Lipinski definition) is 6. The molecule has 8 nitrogen and oxygen atoms in total. The summed E-state index contributed by atoms with van der Waals surface area (Å²) in [6.07, 6.45) is -0.573. The maximum Gasteiger partial charge on any atom is 0.599 e. The van der Waals surface area contributed by atoms with Crippen molar-refractivity contribution in [2.24, 2.45) is 0 Å². The molecule has 0 bridgehead atoms. The first kappa shape index (κ1) is 16.0. The summed E-state index contributed by atoms with van der Waals surface area (Å²) < 4.78 is 16.4. The van der Waals surface area contributed by atoms with E-state index in [-0.39, 0.29) is 0 Å². The summed E-state index contributed by atoms with van der Waals surface area (Å²) in [4.78, 5) is 21.6. The highest BCUT2D eigenvalue weighted by Crippen LogP contribution is 2.16. The van der Waals surface area contributed by atoms with Crippen molar-refractivity contribution in [3.05, 3.63) is 0 Å². The molecular formula is C8H17NO7Si. The van der Waals surface area contributed by atoms with Crippen LogP contribution in [-0.4, -0.2) is 70.1 Å². The van der Waals surface area contributed by atoms with Crippen molar-refractivity contribution in [3.63, 3.8) is 0 Å². The maximum atomic E-state index is 11.0. The van der Waals surface area contributed by atoms with Crippen LogP contribution in [0.25, 0.3) is 0 Å². The average molecular weight is 267 g/mol. The molecule has 0 rings (SSSR count). The van der Waals surface area contributed by atoms with Gasteiger partial charge in [0.1, 0.15) is 6.04 Å². The molecule has 0 spiro atoms. The number of likely N-dealkylation sites (N-methyl/N-ethyl adjacent to an activating group) is 1. The van der Waals surface area contributed by atoms with Crippen molar-refractivity contribution >= 4 is 20.9 Å². The Labute approximate surface area is 100 Å². The topological polar surface area (TPSA) is 106 Å². The molecule has 1 atom stereocenters. The number of aliphatic carboxylic acids is 2. The molecule has 0 radical (unpaired) electrons. The van der Waals surface area contributed by atoms with Gasteiger partial charge in [0, 0.05) is 21.3 Å². The molecule has 0 aliphatic carbocycles. The minimum atomic E-state index is -3.32. The monoisotopic (exact) mass is 267 g/mol. The van der Waals surface area contributed by atoms with E-state index < -0.39 is 33.4 Å². The number of carboxylic acid groups (broad SMARTS) is 2. The number of rotatable bonds is 8. The third-order valence-electron chi connectivity index (χ3n) is 2.33. The van der Waals surface area contributed by atoms with Crippen molar-refractivity contribution in [1.29, 1.82) is 0 Å². The Morgan fingerprint density at radius 1 is 1.18 bits per heavy atom. The molecule has 17 heavy (non-hydrogen) atoms. The molecule has 0 aromatic rings. The molecule has 0 aromatic carbocycles. The second-order valence-corrected chi connectivity index (χ2v) is 6.18. The van der Waals surface area contributed by atoms with Crippen LogP contribution in [0, 0.1) is 0 Å². The summed E-state index contributed by atoms with van der Waals surface area (Å²) in [7, 11) is 2.01. The van der Waals surface area contributed by atoms with Crippen LogP contribution in [0.5, 0.6) is 0 Å². The van der Waals surface area contributed by atoms with Gasteiger partial charge in [-0.05, 0) is 7.05 Å². The second kappa shape index (κ2) is 6.66. The molecule has 0 aliphatic rings. The Kier molecular flexibility index (Phi) is 6.27. The lowest BCUT2D eigenvalue weighted by Gasteiger charge is -2.35. The van der Waals surface area contributed by atoms with Crippen LogP contribution in [0.1, 0.15) is 6.42 Å². The summed E-state index contributed by atoms with van der Waals surface area (Å²) in [6, 6.07) is -1.28. The summed E-state index contributed by atoms with van der Waals surface area (Å²) in [5.41, 5.74) is 0. The molecule has 2 N–H and O–H groups in total. The van der Waals surface area contributed by atoms with Crippen LogP contribution in [-0.2, 0) is 22.9 Å². The number of hydrogen-bond donors (Lipinski definition) is 2. The van der Waals surface area contributed by atoms with Crippen LogP contribution >= 0.6 is 0 Å². The van der Waals surface area contributed by atoms with Crippen molar-refractivity contribution in [2.75, 3.05) is 28.4 Å². The lowest BCUT2D eigenvalue weighted by Crippen LogP contribution is -2.63. The molecule has 0 amide bonds. The molecule has 0 heterocycles. The first-order chi connectivity index (χ1) is 7.84. The van der Waals surface area contributed by atoms with Gasteiger partial charge in [-0.15, -0.1) is 0 Å². The number of carboxylic acids is 2. The van der Waals surface area contributed by atoms with Crippen molar-refractivity contribution < 1.29 is 33.1 Å². The average Bonchev–Trinajstić information content (AvgIpc) is 2.28. The van der Waals surface area contributed by atoms with E-state index in [1.165, 1.54) is 32.9 Å². The Bertz CT molecular complexity index is 273. The van der Waals surface area contributed by atoms with Crippen molar-refractivity contribution in [2.45, 2.75) is 12.5 Å². The fourth-order valence-electron chi connectivity index (χ4n) is 1.43. The molecule has 0 aromatic heterocycles. The van der Waals surface area contributed by atoms with Gasteiger partial charge in [-0.25, -0.2) is 4.57 Å². The molecular weight excluding hydrogens is 250 g/mol. The van der Waals surface area contributed by atoms with Gasteiger partial charge in [0.2, 0.25) is 0 Å². The van der Waals surface area contributed by atoms with Gasteiger partial charge >= 0.3 is 20.9 Å². The van der Waals surface area contributed by atoms with E-state index in [1.807, 2.05) is 0 Å². The highest BCUT2D eigenvalue weighted by Gasteiger charge is 2.50. The van der Waals surface area contributed by atoms with Gasteiger partial charge in [-0.2, -0.15) is 0 Å². The van der Waals surface area contributed by atoms with Crippen LogP contribution in [0.15, 0.2) is 0 Å². The van der Waals surface area contributed by atoms with E-state index in [4.69, 9.17) is 23.5 Å². The van der Waals surface area contributed by atoms with Gasteiger partial charge in [0.25, 0.3) is 0 Å². The van der Waals surface area contributed by atoms with Crippen LogP contribution in [0.2, 0.25) is 0 Å². The standard InChI is InChI=1S/C8H17NO7Si/c1-9(17(14-2,15-3)16-4)6(8(12)13)5-7(10)11/h6H,5H2,1-4H3,(H,10,11)(H,12,13). The smallest absolute Gasteiger partial charge is 0.481 e. The summed E-state index contributed by atoms with van der Waals surface area (Å²) >= 11 is 0. The predicted octanol–water partition coefficient (Wildman–Crippen LogP) is -0.779. The highest BCUT2D eigenvalue weighted by molar-refractivity contribution is 6.57. The molecule has 0 fully saturated rings. The largest absolute Gasteiger partial charge is 0.599 e. The zero-order valence-corrected chi connectivity index (χ0v) is 11.2. The Balaban J connectivity index is 5.09. The van der Waals surface area contributed by atoms with Gasteiger partial charge < -0.3 is 23.5 Å². The van der Waals surface area contributed by atoms with E-state index in [2.05, 4.69) is 0 Å². The molecule has 0 saturated heterocycles. The second-order valence-electron chi connectivity index (χ2n) is 3.20. The Morgan fingerprint density at radius 3 is 1.82 bits per heavy atom. The molecule has 100 valence electrons. The quantitative estimate of drug-likeness (QED) is 0.552. The fourth-order valence-corrected chi connectivity index (χ4v) is 3.38. The minimum absolute atomic E-state index is 0.573. The van der Waals surface area contributed by atoms with E-state index in [0.717, 1.165) is 0 Å². The summed E-state index contributed by atoms with van der Waals surface area (Å²) in [5, 5.41) is 17.7. The number of carbonyl (C=O) groups is 2. The maximum absolute atomic E-state index is 11.0. The molecule has 0 aliphatic heterocycles. The van der Waals surface area contributed by atoms with E-state index >= 15 is 0 Å². The lowest BCUT2D eigenvalue weighted by atomic mass is 10.2. The zero-order valence-electron chi connectivity index (χ0n) is 10.2. The summed E-state index contributed by atoms with van der Waals surface area (Å²) in [5.74, 6) is -2.51. The van der Waals surface area contributed by atoms with Crippen LogP contribution < -0.4 is 0 Å². The van der Waals surface area contributed by atoms with Gasteiger partial charge in [0.15, 0.2) is 0 Å². The number of nitrogens with zero attached hydrogens (tertiary/aromatic N) is 1. The minimum Gasteiger partial charge on any atom is -0.481 e. The third-order valence-corrected chi connectivity index (χ3v) is 5.05. The van der Waals surface area contributed by atoms with Crippen LogP contribution in [0.3, 0.4) is 0 Å². The fraction of sp³-hybridized carbons (Fsp3) is 0.750. The third kappa shape index (κ3) is 3.75. The van der Waals surface area contributed by atoms with Crippen LogP contribution in [0.4, 0.5) is 0 Å². The Morgan fingerprint density at radius 2 is 1.59 bits per heavy atom. The van der Waals surface area contributed by atoms with Crippen molar-refractivity contribution in [3.8, 4) is 0 Å². The van der Waals surface area contributed by atoms with Gasteiger partial charge in [-0.1, -0.05) is 0 Å². The first-order valence-electron chi connectivity index (χ1n) is 4.67. The van der Waals surface area contributed by atoms with E-state index in [9.17, 15) is 9.59 Å². The summed E-state index contributed by atoms with van der Waals surface area (Å²) in [6.45, 7) is 0. The molecule has 1 unspecified atom stereocenters. The Hall–Kier alpha value is -1.00. The highest BCUT2D eigenvalue weighted by atomic mass is 28.4. The van der Waals surface area contributed by atoms with E-state index in [0.29, 0.717) is 0 Å². The predicted molar refractivity (Wildman–Crippen MR) is 58.2 cm³/mol. The lowest BCUT2D eigenvalue weighted by molar-refractivity contribution is -0.149. The zero-order chi connectivity index (χ0) is 13.6. The van der Waals surface area contributed by atoms with Gasteiger partial charge in [-0.3, -0.25) is 9.59 Å². The molecule has 0 saturated carbocycles. The normalized spacial score (nSPS) is 13.7. The first-order valence-corrected chi connectivity index (χ1v) is 6.34. The van der Waals surface area contributed by atoms with E-state index in [1.54, 1.807) is 0 Å². The van der Waals surface area contributed by atoms with Gasteiger partial charge in [0.05, 0.1) is 6.42 Å². The van der Waals surface area contributed by atoms with Crippen molar-refractivity contribution in [1.82, 2.24) is 4.57 Å². The SMILES string of the molecule is CO[Si](OC)(OC)N(C)C(CC(=O)O)C(=O)O.